The van der Waals surface area contributed by atoms with Gasteiger partial charge in [-0.2, -0.15) is 0 Å². The zero-order valence-electron chi connectivity index (χ0n) is 7.76. The fourth-order valence-electron chi connectivity index (χ4n) is 0.875. The van der Waals surface area contributed by atoms with Gasteiger partial charge in [-0.05, 0) is 33.0 Å². The molecule has 12 heavy (non-hydrogen) atoms. The molecule has 0 amide bonds. The number of hydrogen-bond donors (Lipinski definition) is 2. The number of anilines is 1. The van der Waals surface area contributed by atoms with Crippen molar-refractivity contribution < 1.29 is 0 Å². The smallest absolute Gasteiger partial charge is 0.0737 e. The summed E-state index contributed by atoms with van der Waals surface area (Å²) in [6.45, 7) is 4.03. The van der Waals surface area contributed by atoms with Crippen LogP contribution in [0.3, 0.4) is 0 Å². The summed E-state index contributed by atoms with van der Waals surface area (Å²) < 4.78 is 0. The van der Waals surface area contributed by atoms with Crippen molar-refractivity contribution in [3.8, 4) is 0 Å². The van der Waals surface area contributed by atoms with Crippen LogP contribution in [0.25, 0.3) is 0 Å². The highest BCUT2D eigenvalue weighted by atomic mass is 15.1. The molecule has 0 aliphatic heterocycles. The van der Waals surface area contributed by atoms with Gasteiger partial charge in [-0.15, -0.1) is 0 Å². The molecule has 0 fully saturated rings. The second-order valence-corrected chi connectivity index (χ2v) is 2.84. The van der Waals surface area contributed by atoms with E-state index in [0.29, 0.717) is 0 Å². The molecule has 2 N–H and O–H groups in total. The maximum atomic E-state index is 4.18. The van der Waals surface area contributed by atoms with Crippen molar-refractivity contribution in [2.75, 3.05) is 12.4 Å². The third kappa shape index (κ3) is 2.51. The Morgan fingerprint density at radius 1 is 1.42 bits per heavy atom. The second-order valence-electron chi connectivity index (χ2n) is 2.84. The zero-order valence-corrected chi connectivity index (χ0v) is 7.76. The van der Waals surface area contributed by atoms with E-state index < -0.39 is 0 Å². The summed E-state index contributed by atoms with van der Waals surface area (Å²) in [7, 11) is 1.92. The van der Waals surface area contributed by atoms with Gasteiger partial charge >= 0.3 is 0 Å². The van der Waals surface area contributed by atoms with E-state index in [1.54, 1.807) is 0 Å². The second kappa shape index (κ2) is 4.07. The molecular formula is C9H15N3. The minimum absolute atomic E-state index is 0.273. The Morgan fingerprint density at radius 2 is 2.17 bits per heavy atom. The largest absolute Gasteiger partial charge is 0.369 e. The third-order valence-corrected chi connectivity index (χ3v) is 1.73. The molecule has 0 spiro atoms. The maximum Gasteiger partial charge on any atom is 0.0737 e. The first kappa shape index (κ1) is 9.00. The monoisotopic (exact) mass is 165 g/mol. The number of aromatic nitrogens is 1. The molecule has 0 saturated heterocycles. The van der Waals surface area contributed by atoms with E-state index >= 15 is 0 Å². The van der Waals surface area contributed by atoms with Gasteiger partial charge in [-0.1, -0.05) is 0 Å². The summed E-state index contributed by atoms with van der Waals surface area (Å²) in [5, 5.41) is 6.33. The molecule has 0 bridgehead atoms. The van der Waals surface area contributed by atoms with Gasteiger partial charge < -0.3 is 10.6 Å². The number of rotatable bonds is 3. The van der Waals surface area contributed by atoms with E-state index in [9.17, 15) is 0 Å². The Balaban J connectivity index is 2.58. The standard InChI is InChI=1S/C9H15N3/c1-7-4-5-9(6-11-7)12-8(2)10-3/h4-6,8,10,12H,1-3H3. The fraction of sp³-hybridized carbons (Fsp3) is 0.444. The number of pyridine rings is 1. The molecular weight excluding hydrogens is 150 g/mol. The van der Waals surface area contributed by atoms with Crippen molar-refractivity contribution in [2.24, 2.45) is 0 Å². The van der Waals surface area contributed by atoms with E-state index in [-0.39, 0.29) is 6.17 Å². The molecule has 0 aliphatic carbocycles. The van der Waals surface area contributed by atoms with Crippen molar-refractivity contribution in [2.45, 2.75) is 20.0 Å². The first-order chi connectivity index (χ1) is 5.72. The van der Waals surface area contributed by atoms with Crippen LogP contribution in [0, 0.1) is 6.92 Å². The summed E-state index contributed by atoms with van der Waals surface area (Å²) in [5.74, 6) is 0. The number of nitrogens with zero attached hydrogens (tertiary/aromatic N) is 1. The quantitative estimate of drug-likeness (QED) is 0.664. The lowest BCUT2D eigenvalue weighted by molar-refractivity contribution is 0.682. The predicted octanol–water partition coefficient (Wildman–Crippen LogP) is 1.37. The van der Waals surface area contributed by atoms with Crippen molar-refractivity contribution >= 4 is 5.69 Å². The van der Waals surface area contributed by atoms with Crippen LogP contribution in [0.2, 0.25) is 0 Å². The molecule has 1 aromatic heterocycles. The van der Waals surface area contributed by atoms with E-state index in [0.717, 1.165) is 11.4 Å². The lowest BCUT2D eigenvalue weighted by Gasteiger charge is -2.13. The summed E-state index contributed by atoms with van der Waals surface area (Å²) in [6.07, 6.45) is 2.11. The molecule has 66 valence electrons. The van der Waals surface area contributed by atoms with Gasteiger partial charge in [0, 0.05) is 5.69 Å². The van der Waals surface area contributed by atoms with Gasteiger partial charge in [0.05, 0.1) is 18.1 Å². The summed E-state index contributed by atoms with van der Waals surface area (Å²) >= 11 is 0. The van der Waals surface area contributed by atoms with Crippen molar-refractivity contribution in [1.29, 1.82) is 0 Å². The SMILES string of the molecule is CNC(C)Nc1ccc(C)nc1. The average Bonchev–Trinajstić information content (AvgIpc) is 2.09. The first-order valence-corrected chi connectivity index (χ1v) is 4.09. The lowest BCUT2D eigenvalue weighted by atomic mass is 10.3. The highest BCUT2D eigenvalue weighted by Gasteiger charge is 1.96. The van der Waals surface area contributed by atoms with Crippen LogP contribution in [-0.2, 0) is 0 Å². The minimum atomic E-state index is 0.273. The van der Waals surface area contributed by atoms with Crippen LogP contribution >= 0.6 is 0 Å². The van der Waals surface area contributed by atoms with Crippen LogP contribution < -0.4 is 10.6 Å². The summed E-state index contributed by atoms with van der Waals surface area (Å²) in [6, 6.07) is 4.01. The molecule has 1 atom stereocenters. The highest BCUT2D eigenvalue weighted by Crippen LogP contribution is 2.05. The van der Waals surface area contributed by atoms with Gasteiger partial charge in [0.2, 0.25) is 0 Å². The van der Waals surface area contributed by atoms with Crippen molar-refractivity contribution in [3.63, 3.8) is 0 Å². The highest BCUT2D eigenvalue weighted by molar-refractivity contribution is 5.41. The molecule has 1 heterocycles. The van der Waals surface area contributed by atoms with E-state index in [1.807, 2.05) is 32.3 Å². The third-order valence-electron chi connectivity index (χ3n) is 1.73. The van der Waals surface area contributed by atoms with Crippen LogP contribution in [0.5, 0.6) is 0 Å². The Morgan fingerprint density at radius 3 is 2.67 bits per heavy atom. The Kier molecular flexibility index (Phi) is 3.05. The Labute approximate surface area is 73.2 Å². The number of nitrogens with one attached hydrogen (secondary N) is 2. The van der Waals surface area contributed by atoms with Gasteiger partial charge in [-0.25, -0.2) is 0 Å². The van der Waals surface area contributed by atoms with Gasteiger partial charge in [0.15, 0.2) is 0 Å². The number of hydrogen-bond acceptors (Lipinski definition) is 3. The summed E-state index contributed by atoms with van der Waals surface area (Å²) in [5.41, 5.74) is 2.08. The average molecular weight is 165 g/mol. The molecule has 3 heteroatoms. The molecule has 3 nitrogen and oxygen atoms in total. The van der Waals surface area contributed by atoms with E-state index in [4.69, 9.17) is 0 Å². The minimum Gasteiger partial charge on any atom is -0.369 e. The molecule has 0 saturated carbocycles. The van der Waals surface area contributed by atoms with Crippen molar-refractivity contribution in [1.82, 2.24) is 10.3 Å². The topological polar surface area (TPSA) is 37.0 Å². The number of aryl methyl sites for hydroxylation is 1. The van der Waals surface area contributed by atoms with Gasteiger partial charge in [0.25, 0.3) is 0 Å². The van der Waals surface area contributed by atoms with Crippen molar-refractivity contribution in [3.05, 3.63) is 24.0 Å². The summed E-state index contributed by atoms with van der Waals surface area (Å²) in [4.78, 5) is 4.18. The molecule has 1 unspecified atom stereocenters. The molecule has 0 aliphatic rings. The van der Waals surface area contributed by atoms with Gasteiger partial charge in [0.1, 0.15) is 0 Å². The first-order valence-electron chi connectivity index (χ1n) is 4.09. The van der Waals surface area contributed by atoms with Crippen LogP contribution in [-0.4, -0.2) is 18.2 Å². The predicted molar refractivity (Wildman–Crippen MR) is 51.1 cm³/mol. The zero-order chi connectivity index (χ0) is 8.97. The van der Waals surface area contributed by atoms with Gasteiger partial charge in [-0.3, -0.25) is 4.98 Å². The fourth-order valence-corrected chi connectivity index (χ4v) is 0.875. The molecule has 0 aromatic carbocycles. The Bertz CT molecular complexity index is 230. The van der Waals surface area contributed by atoms with Crippen LogP contribution in [0.4, 0.5) is 5.69 Å². The van der Waals surface area contributed by atoms with Crippen LogP contribution in [0.15, 0.2) is 18.3 Å². The molecule has 0 radical (unpaired) electrons. The van der Waals surface area contributed by atoms with E-state index in [1.165, 1.54) is 0 Å². The molecule has 1 aromatic rings. The Hall–Kier alpha value is -1.09. The van der Waals surface area contributed by atoms with E-state index in [2.05, 4.69) is 22.5 Å². The lowest BCUT2D eigenvalue weighted by Crippen LogP contribution is -2.29. The molecule has 1 rings (SSSR count). The maximum absolute atomic E-state index is 4.18. The van der Waals surface area contributed by atoms with Crippen LogP contribution in [0.1, 0.15) is 12.6 Å². The normalized spacial score (nSPS) is 12.6.